The highest BCUT2D eigenvalue weighted by atomic mass is 19.3. The van der Waals surface area contributed by atoms with Gasteiger partial charge in [-0.05, 0) is 57.6 Å². The van der Waals surface area contributed by atoms with Crippen molar-refractivity contribution in [2.75, 3.05) is 43.1 Å². The van der Waals surface area contributed by atoms with Crippen molar-refractivity contribution in [1.29, 1.82) is 0 Å². The third-order valence-corrected chi connectivity index (χ3v) is 7.56. The molecule has 3 N–H and O–H groups in total. The van der Waals surface area contributed by atoms with Gasteiger partial charge < -0.3 is 25.4 Å². The van der Waals surface area contributed by atoms with Gasteiger partial charge >= 0.3 is 0 Å². The fourth-order valence-electron chi connectivity index (χ4n) is 5.49. The summed E-state index contributed by atoms with van der Waals surface area (Å²) in [6, 6.07) is 9.50. The van der Waals surface area contributed by atoms with Crippen molar-refractivity contribution in [3.63, 3.8) is 0 Å². The lowest BCUT2D eigenvalue weighted by atomic mass is 9.85. The summed E-state index contributed by atoms with van der Waals surface area (Å²) in [5.41, 5.74) is 1.08. The van der Waals surface area contributed by atoms with Crippen LogP contribution in [0.3, 0.4) is 0 Å². The van der Waals surface area contributed by atoms with Gasteiger partial charge in [-0.2, -0.15) is 9.97 Å². The Hall–Kier alpha value is -2.89. The molecule has 5 rings (SSSR count). The van der Waals surface area contributed by atoms with E-state index >= 15 is 0 Å². The van der Waals surface area contributed by atoms with Gasteiger partial charge in [0.2, 0.25) is 5.95 Å². The molecule has 9 nitrogen and oxygen atoms in total. The van der Waals surface area contributed by atoms with Crippen LogP contribution in [0.15, 0.2) is 30.3 Å². The van der Waals surface area contributed by atoms with E-state index in [0.29, 0.717) is 66.9 Å². The first-order valence-electron chi connectivity index (χ1n) is 13.5. The van der Waals surface area contributed by atoms with E-state index in [1.54, 1.807) is 24.3 Å². The third kappa shape index (κ3) is 5.89. The quantitative estimate of drug-likeness (QED) is 0.384. The summed E-state index contributed by atoms with van der Waals surface area (Å²) in [6.07, 6.45) is 1.45. The number of benzene rings is 1. The van der Waals surface area contributed by atoms with Crippen LogP contribution in [0.1, 0.15) is 51.8 Å². The normalized spacial score (nSPS) is 23.2. The third-order valence-electron chi connectivity index (χ3n) is 7.56. The van der Waals surface area contributed by atoms with Crippen LogP contribution in [0.5, 0.6) is 0 Å². The smallest absolute Gasteiger partial charge is 0.296 e. The molecule has 1 saturated heterocycles. The molecule has 3 aromatic rings. The molecule has 38 heavy (non-hydrogen) atoms. The van der Waals surface area contributed by atoms with E-state index in [2.05, 4.69) is 27.4 Å². The average Bonchev–Trinajstić information content (AvgIpc) is 3.33. The first-order chi connectivity index (χ1) is 18.4. The minimum absolute atomic E-state index is 0.0949. The maximum atomic E-state index is 14.1. The van der Waals surface area contributed by atoms with Crippen molar-refractivity contribution in [2.45, 2.75) is 64.1 Å². The number of morpholine rings is 1. The van der Waals surface area contributed by atoms with E-state index in [0.717, 1.165) is 25.7 Å². The van der Waals surface area contributed by atoms with Gasteiger partial charge in [0, 0.05) is 31.2 Å². The number of ether oxygens (including phenoxy) is 1. The van der Waals surface area contributed by atoms with Gasteiger partial charge in [0.25, 0.3) is 6.43 Å². The first kappa shape index (κ1) is 26.7. The second-order valence-corrected chi connectivity index (χ2v) is 10.5. The largest absolute Gasteiger partial charge is 0.395 e. The van der Waals surface area contributed by atoms with Crippen molar-refractivity contribution < 1.29 is 18.6 Å². The monoisotopic (exact) mass is 529 g/mol. The topological polar surface area (TPSA) is 100 Å². The van der Waals surface area contributed by atoms with Gasteiger partial charge in [-0.25, -0.2) is 13.8 Å². The molecule has 1 unspecified atom stereocenters. The van der Waals surface area contributed by atoms with Crippen molar-refractivity contribution in [2.24, 2.45) is 5.92 Å². The Morgan fingerprint density at radius 2 is 1.87 bits per heavy atom. The number of hydrogen-bond donors (Lipinski definition) is 3. The summed E-state index contributed by atoms with van der Waals surface area (Å²) in [5, 5.41) is 16.2. The molecular weight excluding hydrogens is 492 g/mol. The Morgan fingerprint density at radius 3 is 2.61 bits per heavy atom. The van der Waals surface area contributed by atoms with Crippen LogP contribution in [0.2, 0.25) is 0 Å². The van der Waals surface area contributed by atoms with Crippen molar-refractivity contribution in [1.82, 2.24) is 24.8 Å². The zero-order chi connectivity index (χ0) is 26.6. The number of aromatic nitrogens is 4. The highest BCUT2D eigenvalue weighted by molar-refractivity contribution is 5.78. The fraction of sp³-hybridized carbons (Fsp3) is 0.593. The number of fused-ring (bicyclic) bond motifs is 1. The number of anilines is 2. The van der Waals surface area contributed by atoms with Gasteiger partial charge in [-0.15, -0.1) is 0 Å². The summed E-state index contributed by atoms with van der Waals surface area (Å²) in [6.45, 7) is 6.71. The minimum atomic E-state index is -2.75. The SMILES string of the molecule is CC(CO)NC1CCC(CNc2nc(N3CCOC[C@H]3C)cc(-n3c(C(F)F)nc4ccccc43)n2)CC1. The van der Waals surface area contributed by atoms with E-state index in [9.17, 15) is 13.9 Å². The molecule has 2 aromatic heterocycles. The molecule has 0 radical (unpaired) electrons. The van der Waals surface area contributed by atoms with E-state index in [4.69, 9.17) is 14.7 Å². The molecule has 1 saturated carbocycles. The van der Waals surface area contributed by atoms with Crippen LogP contribution in [0.4, 0.5) is 20.5 Å². The number of hydrogen-bond acceptors (Lipinski definition) is 8. The van der Waals surface area contributed by atoms with Crippen molar-refractivity contribution in [3.05, 3.63) is 36.2 Å². The van der Waals surface area contributed by atoms with Gasteiger partial charge in [0.1, 0.15) is 11.6 Å². The lowest BCUT2D eigenvalue weighted by molar-refractivity contribution is 0.0985. The zero-order valence-electron chi connectivity index (χ0n) is 22.0. The van der Waals surface area contributed by atoms with Crippen LogP contribution in [-0.4, -0.2) is 75.7 Å². The number of aliphatic hydroxyl groups is 1. The zero-order valence-corrected chi connectivity index (χ0v) is 22.0. The number of para-hydroxylation sites is 2. The Morgan fingerprint density at radius 1 is 1.11 bits per heavy atom. The van der Waals surface area contributed by atoms with E-state index < -0.39 is 6.43 Å². The van der Waals surface area contributed by atoms with Gasteiger partial charge in [0.15, 0.2) is 5.82 Å². The summed E-state index contributed by atoms with van der Waals surface area (Å²) in [4.78, 5) is 15.9. The lowest BCUT2D eigenvalue weighted by Crippen LogP contribution is -2.44. The summed E-state index contributed by atoms with van der Waals surface area (Å²) >= 11 is 0. The van der Waals surface area contributed by atoms with Gasteiger partial charge in [-0.1, -0.05) is 12.1 Å². The van der Waals surface area contributed by atoms with Crippen LogP contribution in [0, 0.1) is 5.92 Å². The second-order valence-electron chi connectivity index (χ2n) is 10.5. The standard InChI is InChI=1S/C27H37F2N7O2/c1-17(15-37)31-20-9-7-19(8-10-20)14-30-27-33-23(35-11-12-38-16-18(35)2)13-24(34-27)36-22-6-4-3-5-21(22)32-26(36)25(28)29/h3-6,13,17-20,25,31,37H,7-12,14-16H2,1-2H3,(H,30,33,34)/t17?,18-,19?,20?/m1/s1. The molecule has 2 aliphatic rings. The van der Waals surface area contributed by atoms with Crippen molar-refractivity contribution >= 4 is 22.8 Å². The predicted molar refractivity (Wildman–Crippen MR) is 143 cm³/mol. The Labute approximate surface area is 221 Å². The number of aliphatic hydroxyl groups excluding tert-OH is 1. The maximum absolute atomic E-state index is 14.1. The average molecular weight is 530 g/mol. The highest BCUT2D eigenvalue weighted by Gasteiger charge is 2.26. The summed E-state index contributed by atoms with van der Waals surface area (Å²) in [5.74, 6) is 1.59. The molecule has 0 bridgehead atoms. The summed E-state index contributed by atoms with van der Waals surface area (Å²) < 4.78 is 35.3. The van der Waals surface area contributed by atoms with E-state index in [-0.39, 0.29) is 24.5 Å². The van der Waals surface area contributed by atoms with E-state index in [1.165, 1.54) is 4.57 Å². The predicted octanol–water partition coefficient (Wildman–Crippen LogP) is 3.92. The van der Waals surface area contributed by atoms with Crippen LogP contribution in [-0.2, 0) is 4.74 Å². The van der Waals surface area contributed by atoms with E-state index in [1.807, 2.05) is 13.0 Å². The number of rotatable bonds is 9. The minimum Gasteiger partial charge on any atom is -0.395 e. The van der Waals surface area contributed by atoms with Crippen LogP contribution < -0.4 is 15.5 Å². The van der Waals surface area contributed by atoms with Crippen molar-refractivity contribution in [3.8, 4) is 5.82 Å². The Kier molecular flexibility index (Phi) is 8.35. The number of nitrogens with one attached hydrogen (secondary N) is 2. The summed E-state index contributed by atoms with van der Waals surface area (Å²) in [7, 11) is 0. The molecule has 1 aliphatic heterocycles. The molecular formula is C27H37F2N7O2. The Balaban J connectivity index is 1.42. The number of alkyl halides is 2. The first-order valence-corrected chi connectivity index (χ1v) is 13.5. The second kappa shape index (κ2) is 11.9. The van der Waals surface area contributed by atoms with Crippen LogP contribution in [0.25, 0.3) is 16.9 Å². The molecule has 2 fully saturated rings. The number of imidazole rings is 1. The molecule has 11 heteroatoms. The molecule has 0 spiro atoms. The number of halogens is 2. The molecule has 2 atom stereocenters. The molecule has 3 heterocycles. The van der Waals surface area contributed by atoms with Crippen LogP contribution >= 0.6 is 0 Å². The highest BCUT2D eigenvalue weighted by Crippen LogP contribution is 2.30. The molecule has 0 amide bonds. The molecule has 1 aromatic carbocycles. The molecule has 1 aliphatic carbocycles. The fourth-order valence-corrected chi connectivity index (χ4v) is 5.49. The van der Waals surface area contributed by atoms with Gasteiger partial charge in [0.05, 0.1) is 36.9 Å². The Bertz CT molecular complexity index is 1220. The lowest BCUT2D eigenvalue weighted by Gasteiger charge is -2.34. The number of nitrogens with zero attached hydrogens (tertiary/aromatic N) is 5. The molecule has 206 valence electrons. The van der Waals surface area contributed by atoms with Gasteiger partial charge in [-0.3, -0.25) is 4.57 Å². The maximum Gasteiger partial charge on any atom is 0.296 e.